The lowest BCUT2D eigenvalue weighted by Gasteiger charge is -2.12. The first-order valence-electron chi connectivity index (χ1n) is 12.3. The fourth-order valence-electron chi connectivity index (χ4n) is 3.95. The summed E-state index contributed by atoms with van der Waals surface area (Å²) < 4.78 is 4.82. The first-order chi connectivity index (χ1) is 14.1. The molecule has 0 aliphatic carbocycles. The van der Waals surface area contributed by atoms with Crippen LogP contribution in [0.2, 0.25) is 0 Å². The number of carbonyl (C=O) groups excluding carboxylic acids is 2. The van der Waals surface area contributed by atoms with Gasteiger partial charge in [-0.3, -0.25) is 4.79 Å². The zero-order chi connectivity index (χ0) is 21.2. The van der Waals surface area contributed by atoms with E-state index in [0.29, 0.717) is 19.4 Å². The maximum Gasteiger partial charge on any atom is 0.328 e. The smallest absolute Gasteiger partial charge is 0.328 e. The molecule has 2 atom stereocenters. The number of cyclic esters (lactones) is 1. The van der Waals surface area contributed by atoms with E-state index in [0.717, 1.165) is 12.8 Å². The molecule has 1 rings (SSSR count). The third kappa shape index (κ3) is 14.5. The van der Waals surface area contributed by atoms with E-state index in [9.17, 15) is 14.7 Å². The van der Waals surface area contributed by atoms with E-state index in [1.165, 1.54) is 83.5 Å². The van der Waals surface area contributed by atoms with Crippen LogP contribution < -0.4 is 5.32 Å². The number of hydrogen-bond donors (Lipinski definition) is 2. The van der Waals surface area contributed by atoms with Crippen molar-refractivity contribution in [1.29, 1.82) is 0 Å². The topological polar surface area (TPSA) is 75.6 Å². The van der Waals surface area contributed by atoms with Crippen LogP contribution in [0.15, 0.2) is 0 Å². The highest BCUT2D eigenvalue weighted by molar-refractivity contribution is 5.85. The van der Waals surface area contributed by atoms with Crippen LogP contribution in [0.3, 0.4) is 0 Å². The molecule has 0 aromatic carbocycles. The first-order valence-corrected chi connectivity index (χ1v) is 12.3. The van der Waals surface area contributed by atoms with Gasteiger partial charge in [-0.15, -0.1) is 0 Å². The zero-order valence-corrected chi connectivity index (χ0v) is 18.8. The second kappa shape index (κ2) is 17.7. The molecule has 0 saturated carbocycles. The molecule has 1 aliphatic rings. The maximum absolute atomic E-state index is 11.8. The molecule has 0 spiro atoms. The lowest BCUT2D eigenvalue weighted by atomic mass is 10.0. The summed E-state index contributed by atoms with van der Waals surface area (Å²) in [5.41, 5.74) is 0. The van der Waals surface area contributed by atoms with Crippen molar-refractivity contribution in [2.24, 2.45) is 0 Å². The van der Waals surface area contributed by atoms with Crippen molar-refractivity contribution in [3.8, 4) is 0 Å². The van der Waals surface area contributed by atoms with Gasteiger partial charge in [-0.25, -0.2) is 4.79 Å². The molecule has 5 heteroatoms. The van der Waals surface area contributed by atoms with Gasteiger partial charge in [-0.05, 0) is 6.42 Å². The molecule has 2 unspecified atom stereocenters. The summed E-state index contributed by atoms with van der Waals surface area (Å²) in [5, 5.41) is 12.6. The van der Waals surface area contributed by atoms with Crippen molar-refractivity contribution < 1.29 is 19.4 Å². The second-order valence-electron chi connectivity index (χ2n) is 8.67. The Hall–Kier alpha value is -1.10. The summed E-state index contributed by atoms with van der Waals surface area (Å²) in [4.78, 5) is 23.2. The molecule has 170 valence electrons. The molecule has 0 aromatic rings. The monoisotopic (exact) mass is 411 g/mol. The van der Waals surface area contributed by atoms with Gasteiger partial charge >= 0.3 is 5.97 Å². The number of esters is 1. The van der Waals surface area contributed by atoms with Gasteiger partial charge in [0, 0.05) is 6.42 Å². The Morgan fingerprint density at radius 3 is 1.86 bits per heavy atom. The van der Waals surface area contributed by atoms with Crippen molar-refractivity contribution >= 4 is 11.9 Å². The summed E-state index contributed by atoms with van der Waals surface area (Å²) in [5.74, 6) is -0.627. The van der Waals surface area contributed by atoms with Crippen LogP contribution in [0.1, 0.15) is 122 Å². The number of unbranched alkanes of at least 4 members (excludes halogenated alkanes) is 14. The molecule has 1 amide bonds. The zero-order valence-electron chi connectivity index (χ0n) is 18.8. The molecule has 1 heterocycles. The molecule has 29 heavy (non-hydrogen) atoms. The van der Waals surface area contributed by atoms with Gasteiger partial charge in [-0.2, -0.15) is 0 Å². The van der Waals surface area contributed by atoms with Crippen molar-refractivity contribution in [2.75, 3.05) is 6.61 Å². The Labute approximate surface area is 178 Å². The van der Waals surface area contributed by atoms with E-state index < -0.39 is 12.1 Å². The SMILES string of the molecule is CCCCCCCCCCCCCCCCCC(O)CC(=O)NC1CCOC1=O. The van der Waals surface area contributed by atoms with Crippen LogP contribution in [0.5, 0.6) is 0 Å². The molecule has 5 nitrogen and oxygen atoms in total. The first kappa shape index (κ1) is 25.9. The number of nitrogens with one attached hydrogen (secondary N) is 1. The van der Waals surface area contributed by atoms with Gasteiger partial charge in [0.2, 0.25) is 5.91 Å². The minimum atomic E-state index is -0.616. The van der Waals surface area contributed by atoms with Gasteiger partial charge in [0.05, 0.1) is 19.1 Å². The van der Waals surface area contributed by atoms with Crippen molar-refractivity contribution in [3.05, 3.63) is 0 Å². The number of aliphatic hydroxyl groups is 1. The number of aliphatic hydroxyl groups excluding tert-OH is 1. The molecular weight excluding hydrogens is 366 g/mol. The molecule has 2 N–H and O–H groups in total. The molecular formula is C24H45NO4. The van der Waals surface area contributed by atoms with E-state index in [2.05, 4.69) is 12.2 Å². The quantitative estimate of drug-likeness (QED) is 0.219. The Bertz CT molecular complexity index is 427. The number of amides is 1. The van der Waals surface area contributed by atoms with E-state index in [1.54, 1.807) is 0 Å². The number of ether oxygens (including phenoxy) is 1. The molecule has 1 aliphatic heterocycles. The summed E-state index contributed by atoms with van der Waals surface area (Å²) in [6.45, 7) is 2.63. The minimum absolute atomic E-state index is 0.0718. The Morgan fingerprint density at radius 1 is 0.931 bits per heavy atom. The predicted octanol–water partition coefficient (Wildman–Crippen LogP) is 5.43. The van der Waals surface area contributed by atoms with E-state index in [1.807, 2.05) is 0 Å². The van der Waals surface area contributed by atoms with Gasteiger partial charge in [0.15, 0.2) is 0 Å². The van der Waals surface area contributed by atoms with Crippen LogP contribution in [-0.2, 0) is 14.3 Å². The third-order valence-electron chi connectivity index (χ3n) is 5.83. The fraction of sp³-hybridized carbons (Fsp3) is 0.917. The highest BCUT2D eigenvalue weighted by Crippen LogP contribution is 2.14. The average molecular weight is 412 g/mol. The average Bonchev–Trinajstić information content (AvgIpc) is 3.09. The second-order valence-corrected chi connectivity index (χ2v) is 8.67. The largest absolute Gasteiger partial charge is 0.464 e. The van der Waals surface area contributed by atoms with Gasteiger partial charge < -0.3 is 15.2 Å². The van der Waals surface area contributed by atoms with E-state index >= 15 is 0 Å². The van der Waals surface area contributed by atoms with Crippen molar-refractivity contribution in [2.45, 2.75) is 135 Å². The van der Waals surface area contributed by atoms with Gasteiger partial charge in [0.25, 0.3) is 0 Å². The standard InChI is InChI=1S/C24H45NO4/c1-2-3-4-5-6-7-8-9-10-11-12-13-14-15-16-17-21(26)20-23(27)25-22-18-19-29-24(22)28/h21-22,26H,2-20H2,1H3,(H,25,27). The van der Waals surface area contributed by atoms with Crippen LogP contribution >= 0.6 is 0 Å². The number of carbonyl (C=O) groups is 2. The summed E-state index contributed by atoms with van der Waals surface area (Å²) >= 11 is 0. The van der Waals surface area contributed by atoms with Crippen molar-refractivity contribution in [3.63, 3.8) is 0 Å². The van der Waals surface area contributed by atoms with Crippen LogP contribution in [0, 0.1) is 0 Å². The van der Waals surface area contributed by atoms with Crippen molar-refractivity contribution in [1.82, 2.24) is 5.32 Å². The Balaban J connectivity index is 1.81. The molecule has 0 aromatic heterocycles. The van der Waals surface area contributed by atoms with Crippen LogP contribution in [0.25, 0.3) is 0 Å². The summed E-state index contributed by atoms with van der Waals surface area (Å²) in [6.07, 6.45) is 20.4. The lowest BCUT2D eigenvalue weighted by Crippen LogP contribution is -2.39. The fourth-order valence-corrected chi connectivity index (χ4v) is 3.95. The highest BCUT2D eigenvalue weighted by Gasteiger charge is 2.28. The molecule has 1 saturated heterocycles. The number of rotatable bonds is 19. The van der Waals surface area contributed by atoms with E-state index in [4.69, 9.17) is 4.74 Å². The van der Waals surface area contributed by atoms with Gasteiger partial charge in [0.1, 0.15) is 6.04 Å². The number of hydrogen-bond acceptors (Lipinski definition) is 4. The Morgan fingerprint density at radius 2 is 1.41 bits per heavy atom. The van der Waals surface area contributed by atoms with Crippen LogP contribution in [0.4, 0.5) is 0 Å². The minimum Gasteiger partial charge on any atom is -0.464 e. The van der Waals surface area contributed by atoms with E-state index in [-0.39, 0.29) is 18.3 Å². The molecule has 1 fully saturated rings. The lowest BCUT2D eigenvalue weighted by molar-refractivity contribution is -0.141. The predicted molar refractivity (Wildman–Crippen MR) is 118 cm³/mol. The summed E-state index contributed by atoms with van der Waals surface area (Å²) in [7, 11) is 0. The molecule has 0 bridgehead atoms. The third-order valence-corrected chi connectivity index (χ3v) is 5.83. The normalized spacial score (nSPS) is 17.3. The highest BCUT2D eigenvalue weighted by atomic mass is 16.5. The summed E-state index contributed by atoms with van der Waals surface area (Å²) in [6, 6.07) is -0.527. The Kier molecular flexibility index (Phi) is 15.9. The molecule has 0 radical (unpaired) electrons. The van der Waals surface area contributed by atoms with Crippen LogP contribution in [-0.4, -0.2) is 35.7 Å². The van der Waals surface area contributed by atoms with Gasteiger partial charge in [-0.1, -0.05) is 103 Å². The maximum atomic E-state index is 11.8.